The molecule has 0 saturated carbocycles. The van der Waals surface area contributed by atoms with Crippen LogP contribution in [0.1, 0.15) is 34.7 Å². The second kappa shape index (κ2) is 6.55. The number of likely N-dealkylation sites (tertiary alicyclic amines) is 1. The SMILES string of the molecule is CNc1cc(C2CCCN(C(=O)c3ccc4nc[nH]c4c3)C2)ccn1. The third-order valence-corrected chi connectivity index (χ3v) is 4.89. The van der Waals surface area contributed by atoms with Crippen molar-refractivity contribution in [2.75, 3.05) is 25.5 Å². The average Bonchev–Trinajstić information content (AvgIpc) is 3.15. The molecule has 1 fully saturated rings. The third kappa shape index (κ3) is 3.07. The van der Waals surface area contributed by atoms with Gasteiger partial charge in [-0.1, -0.05) is 0 Å². The number of nitrogens with one attached hydrogen (secondary N) is 2. The van der Waals surface area contributed by atoms with Crippen LogP contribution in [0.25, 0.3) is 11.0 Å². The average molecular weight is 335 g/mol. The van der Waals surface area contributed by atoms with Gasteiger partial charge in [-0.15, -0.1) is 0 Å². The van der Waals surface area contributed by atoms with Gasteiger partial charge in [0.05, 0.1) is 17.4 Å². The Kier molecular flexibility index (Phi) is 4.09. The maximum absolute atomic E-state index is 12.9. The number of hydrogen-bond acceptors (Lipinski definition) is 4. The molecule has 25 heavy (non-hydrogen) atoms. The molecule has 1 amide bonds. The first-order valence-corrected chi connectivity index (χ1v) is 8.61. The molecule has 4 rings (SSSR count). The van der Waals surface area contributed by atoms with Gasteiger partial charge in [-0.2, -0.15) is 0 Å². The fourth-order valence-electron chi connectivity index (χ4n) is 3.52. The number of carbonyl (C=O) groups excluding carboxylic acids is 1. The first-order chi connectivity index (χ1) is 12.2. The van der Waals surface area contributed by atoms with Crippen LogP contribution < -0.4 is 5.32 Å². The van der Waals surface area contributed by atoms with Gasteiger partial charge >= 0.3 is 0 Å². The molecule has 128 valence electrons. The summed E-state index contributed by atoms with van der Waals surface area (Å²) in [5.74, 6) is 1.30. The second-order valence-electron chi connectivity index (χ2n) is 6.45. The Hall–Kier alpha value is -2.89. The molecule has 1 aliphatic rings. The van der Waals surface area contributed by atoms with Crippen LogP contribution >= 0.6 is 0 Å². The van der Waals surface area contributed by atoms with Crippen molar-refractivity contribution < 1.29 is 4.79 Å². The van der Waals surface area contributed by atoms with Gasteiger partial charge in [-0.05, 0) is 48.7 Å². The number of pyridine rings is 1. The molecule has 6 nitrogen and oxygen atoms in total. The van der Waals surface area contributed by atoms with E-state index in [1.54, 1.807) is 6.33 Å². The molecule has 1 saturated heterocycles. The van der Waals surface area contributed by atoms with Gasteiger partial charge in [-0.25, -0.2) is 9.97 Å². The smallest absolute Gasteiger partial charge is 0.253 e. The highest BCUT2D eigenvalue weighted by Gasteiger charge is 2.26. The Morgan fingerprint density at radius 3 is 3.08 bits per heavy atom. The van der Waals surface area contributed by atoms with E-state index in [1.165, 1.54) is 5.56 Å². The van der Waals surface area contributed by atoms with Crippen LogP contribution in [-0.2, 0) is 0 Å². The predicted molar refractivity (Wildman–Crippen MR) is 97.8 cm³/mol. The molecule has 1 atom stereocenters. The number of H-pyrrole nitrogens is 1. The third-order valence-electron chi connectivity index (χ3n) is 4.89. The summed E-state index contributed by atoms with van der Waals surface area (Å²) in [4.78, 5) is 26.4. The van der Waals surface area contributed by atoms with Crippen LogP contribution in [0.15, 0.2) is 42.9 Å². The van der Waals surface area contributed by atoms with Crippen LogP contribution in [0, 0.1) is 0 Å². The van der Waals surface area contributed by atoms with Gasteiger partial charge in [0.2, 0.25) is 0 Å². The molecule has 2 N–H and O–H groups in total. The standard InChI is InChI=1S/C19H21N5O/c1-20-18-10-13(6-7-21-18)15-3-2-8-24(11-15)19(25)14-4-5-16-17(9-14)23-12-22-16/h4-7,9-10,12,15H,2-3,8,11H2,1H3,(H,20,21)(H,22,23). The van der Waals surface area contributed by atoms with E-state index < -0.39 is 0 Å². The van der Waals surface area contributed by atoms with Crippen molar-refractivity contribution in [3.8, 4) is 0 Å². The zero-order valence-corrected chi connectivity index (χ0v) is 14.2. The van der Waals surface area contributed by atoms with E-state index in [2.05, 4.69) is 32.4 Å². The summed E-state index contributed by atoms with van der Waals surface area (Å²) in [5.41, 5.74) is 3.72. The van der Waals surface area contributed by atoms with Crippen LogP contribution in [0.5, 0.6) is 0 Å². The maximum Gasteiger partial charge on any atom is 0.253 e. The Labute approximate surface area is 146 Å². The number of amides is 1. The second-order valence-corrected chi connectivity index (χ2v) is 6.45. The van der Waals surface area contributed by atoms with E-state index in [4.69, 9.17) is 0 Å². The summed E-state index contributed by atoms with van der Waals surface area (Å²) >= 11 is 0. The summed E-state index contributed by atoms with van der Waals surface area (Å²) in [6.07, 6.45) is 5.59. The zero-order chi connectivity index (χ0) is 17.2. The van der Waals surface area contributed by atoms with E-state index in [9.17, 15) is 4.79 Å². The van der Waals surface area contributed by atoms with Crippen molar-refractivity contribution in [2.45, 2.75) is 18.8 Å². The molecule has 1 unspecified atom stereocenters. The number of fused-ring (bicyclic) bond motifs is 1. The predicted octanol–water partition coefficient (Wildman–Crippen LogP) is 3.02. The van der Waals surface area contributed by atoms with Crippen molar-refractivity contribution in [3.63, 3.8) is 0 Å². The first-order valence-electron chi connectivity index (χ1n) is 8.61. The van der Waals surface area contributed by atoms with Crippen LogP contribution in [0.3, 0.4) is 0 Å². The number of anilines is 1. The molecule has 0 radical (unpaired) electrons. The number of nitrogens with zero attached hydrogens (tertiary/aromatic N) is 3. The highest BCUT2D eigenvalue weighted by Crippen LogP contribution is 2.28. The normalized spacial score (nSPS) is 17.6. The van der Waals surface area contributed by atoms with E-state index in [-0.39, 0.29) is 5.91 Å². The lowest BCUT2D eigenvalue weighted by atomic mass is 9.90. The molecule has 3 aromatic rings. The van der Waals surface area contributed by atoms with Crippen molar-refractivity contribution in [1.82, 2.24) is 19.9 Å². The maximum atomic E-state index is 12.9. The summed E-state index contributed by atoms with van der Waals surface area (Å²) in [7, 11) is 1.87. The topological polar surface area (TPSA) is 73.9 Å². The van der Waals surface area contributed by atoms with Crippen LogP contribution in [-0.4, -0.2) is 45.9 Å². The largest absolute Gasteiger partial charge is 0.373 e. The number of imidazole rings is 1. The van der Waals surface area contributed by atoms with Crippen molar-refractivity contribution in [3.05, 3.63) is 54.0 Å². The van der Waals surface area contributed by atoms with E-state index >= 15 is 0 Å². The fourth-order valence-corrected chi connectivity index (χ4v) is 3.52. The van der Waals surface area contributed by atoms with Gasteiger partial charge in [0.1, 0.15) is 5.82 Å². The summed E-state index contributed by atoms with van der Waals surface area (Å²) in [6.45, 7) is 1.55. The van der Waals surface area contributed by atoms with Gasteiger partial charge in [0.15, 0.2) is 0 Å². The molecule has 3 heterocycles. The van der Waals surface area contributed by atoms with Gasteiger partial charge in [-0.3, -0.25) is 4.79 Å². The van der Waals surface area contributed by atoms with E-state index in [1.807, 2.05) is 36.3 Å². The lowest BCUT2D eigenvalue weighted by Gasteiger charge is -2.33. The quantitative estimate of drug-likeness (QED) is 0.771. The zero-order valence-electron chi connectivity index (χ0n) is 14.2. The summed E-state index contributed by atoms with van der Waals surface area (Å²) in [5, 5.41) is 3.08. The van der Waals surface area contributed by atoms with Crippen LogP contribution in [0.4, 0.5) is 5.82 Å². The lowest BCUT2D eigenvalue weighted by Crippen LogP contribution is -2.39. The van der Waals surface area contributed by atoms with Gasteiger partial charge < -0.3 is 15.2 Å². The molecule has 0 bridgehead atoms. The Morgan fingerprint density at radius 2 is 2.20 bits per heavy atom. The van der Waals surface area contributed by atoms with Gasteiger partial charge in [0, 0.05) is 37.8 Å². The molecule has 0 spiro atoms. The van der Waals surface area contributed by atoms with Crippen LogP contribution in [0.2, 0.25) is 0 Å². The van der Waals surface area contributed by atoms with E-state index in [0.29, 0.717) is 11.5 Å². The lowest BCUT2D eigenvalue weighted by molar-refractivity contribution is 0.0707. The van der Waals surface area contributed by atoms with E-state index in [0.717, 1.165) is 42.8 Å². The molecule has 2 aromatic heterocycles. The fraction of sp³-hybridized carbons (Fsp3) is 0.316. The number of carbonyl (C=O) groups is 1. The van der Waals surface area contributed by atoms with Crippen molar-refractivity contribution in [2.24, 2.45) is 0 Å². The minimum atomic E-state index is 0.0871. The molecule has 6 heteroatoms. The number of piperidine rings is 1. The molecular formula is C19H21N5O. The minimum Gasteiger partial charge on any atom is -0.373 e. The molecular weight excluding hydrogens is 314 g/mol. The molecule has 1 aliphatic heterocycles. The van der Waals surface area contributed by atoms with Crippen molar-refractivity contribution >= 4 is 22.8 Å². The first kappa shape index (κ1) is 15.6. The summed E-state index contributed by atoms with van der Waals surface area (Å²) in [6, 6.07) is 9.77. The number of rotatable bonds is 3. The minimum absolute atomic E-state index is 0.0871. The molecule has 0 aliphatic carbocycles. The number of aromatic nitrogens is 3. The number of hydrogen-bond donors (Lipinski definition) is 2. The highest BCUT2D eigenvalue weighted by molar-refractivity contribution is 5.97. The monoisotopic (exact) mass is 335 g/mol. The highest BCUT2D eigenvalue weighted by atomic mass is 16.2. The number of aromatic amines is 1. The van der Waals surface area contributed by atoms with Gasteiger partial charge in [0.25, 0.3) is 5.91 Å². The Balaban J connectivity index is 1.54. The number of benzene rings is 1. The Morgan fingerprint density at radius 1 is 1.28 bits per heavy atom. The van der Waals surface area contributed by atoms with Crippen molar-refractivity contribution in [1.29, 1.82) is 0 Å². The Bertz CT molecular complexity index is 903. The molecule has 1 aromatic carbocycles. The summed E-state index contributed by atoms with van der Waals surface area (Å²) < 4.78 is 0.